The van der Waals surface area contributed by atoms with Gasteiger partial charge in [0.25, 0.3) is 0 Å². The van der Waals surface area contributed by atoms with Crippen molar-refractivity contribution < 1.29 is 9.84 Å². The third kappa shape index (κ3) is 2.24. The Bertz CT molecular complexity index is 355. The second-order valence-corrected chi connectivity index (χ2v) is 3.58. The van der Waals surface area contributed by atoms with Crippen molar-refractivity contribution in [2.75, 3.05) is 18.9 Å². The van der Waals surface area contributed by atoms with E-state index in [9.17, 15) is 0 Å². The van der Waals surface area contributed by atoms with E-state index in [-0.39, 0.29) is 6.61 Å². The van der Waals surface area contributed by atoms with Crippen molar-refractivity contribution in [1.82, 2.24) is 9.97 Å². The Kier molecular flexibility index (Phi) is 3.13. The molecule has 0 bridgehead atoms. The highest BCUT2D eigenvalue weighted by Crippen LogP contribution is 2.19. The van der Waals surface area contributed by atoms with Gasteiger partial charge in [-0.25, -0.2) is 9.97 Å². The second kappa shape index (κ2) is 4.55. The van der Waals surface area contributed by atoms with Crippen molar-refractivity contribution in [1.29, 1.82) is 0 Å². The highest BCUT2D eigenvalue weighted by Gasteiger charge is 2.16. The van der Waals surface area contributed by atoms with E-state index in [2.05, 4.69) is 9.97 Å². The summed E-state index contributed by atoms with van der Waals surface area (Å²) in [6.07, 6.45) is 2.15. The fourth-order valence-electron chi connectivity index (χ4n) is 1.66. The van der Waals surface area contributed by atoms with E-state index in [0.717, 1.165) is 23.5 Å². The summed E-state index contributed by atoms with van der Waals surface area (Å²) in [5, 5.41) is 8.73. The molecule has 15 heavy (non-hydrogen) atoms. The summed E-state index contributed by atoms with van der Waals surface area (Å²) >= 11 is 0. The van der Waals surface area contributed by atoms with Crippen molar-refractivity contribution in [3.63, 3.8) is 0 Å². The van der Waals surface area contributed by atoms with Crippen LogP contribution in [0.2, 0.25) is 0 Å². The summed E-state index contributed by atoms with van der Waals surface area (Å²) in [4.78, 5) is 8.63. The van der Waals surface area contributed by atoms with Crippen molar-refractivity contribution >= 4 is 5.82 Å². The molecule has 1 aromatic rings. The molecule has 0 aromatic carbocycles. The van der Waals surface area contributed by atoms with E-state index in [4.69, 9.17) is 15.6 Å². The predicted octanol–water partition coefficient (Wildman–Crippen LogP) is 0.0564. The number of nitrogens with zero attached hydrogens (tertiary/aromatic N) is 2. The quantitative estimate of drug-likeness (QED) is 0.735. The molecule has 2 heterocycles. The first-order chi connectivity index (χ1) is 7.31. The molecular weight excluding hydrogens is 194 g/mol. The van der Waals surface area contributed by atoms with E-state index in [1.54, 1.807) is 0 Å². The molecular formula is C10H15N3O2. The molecule has 0 fully saturated rings. The van der Waals surface area contributed by atoms with Crippen LogP contribution in [0.15, 0.2) is 0 Å². The Morgan fingerprint density at radius 3 is 3.07 bits per heavy atom. The number of ether oxygens (including phenoxy) is 1. The third-order valence-corrected chi connectivity index (χ3v) is 2.46. The minimum atomic E-state index is 0.156. The summed E-state index contributed by atoms with van der Waals surface area (Å²) in [6.45, 7) is 1.37. The molecule has 5 heteroatoms. The number of aromatic nitrogens is 2. The van der Waals surface area contributed by atoms with Gasteiger partial charge in [-0.3, -0.25) is 0 Å². The Hall–Kier alpha value is -1.20. The lowest BCUT2D eigenvalue weighted by molar-refractivity contribution is 0.109. The summed E-state index contributed by atoms with van der Waals surface area (Å²) in [5.74, 6) is 1.25. The molecule has 0 saturated heterocycles. The maximum atomic E-state index is 8.73. The molecule has 1 aliphatic heterocycles. The van der Waals surface area contributed by atoms with Gasteiger partial charge >= 0.3 is 0 Å². The van der Waals surface area contributed by atoms with Gasteiger partial charge in [0.05, 0.1) is 18.9 Å². The van der Waals surface area contributed by atoms with Gasteiger partial charge < -0.3 is 15.6 Å². The number of nitrogens with two attached hydrogens (primary N) is 1. The van der Waals surface area contributed by atoms with Crippen molar-refractivity contribution in [2.24, 2.45) is 0 Å². The third-order valence-electron chi connectivity index (χ3n) is 2.46. The smallest absolute Gasteiger partial charge is 0.132 e. The zero-order chi connectivity index (χ0) is 10.7. The minimum absolute atomic E-state index is 0.156. The van der Waals surface area contributed by atoms with Crippen LogP contribution in [0.5, 0.6) is 0 Å². The van der Waals surface area contributed by atoms with Gasteiger partial charge in [-0.2, -0.15) is 0 Å². The van der Waals surface area contributed by atoms with Gasteiger partial charge in [0.2, 0.25) is 0 Å². The van der Waals surface area contributed by atoms with Gasteiger partial charge in [0, 0.05) is 25.0 Å². The number of aryl methyl sites for hydroxylation is 1. The predicted molar refractivity (Wildman–Crippen MR) is 55.2 cm³/mol. The Balaban J connectivity index is 2.24. The van der Waals surface area contributed by atoms with Gasteiger partial charge in [-0.15, -0.1) is 0 Å². The van der Waals surface area contributed by atoms with Gasteiger partial charge in [0.1, 0.15) is 11.6 Å². The largest absolute Gasteiger partial charge is 0.396 e. The molecule has 0 spiro atoms. The number of aliphatic hydroxyl groups excluding tert-OH is 1. The number of fused-ring (bicyclic) bond motifs is 1. The van der Waals surface area contributed by atoms with E-state index in [0.29, 0.717) is 31.9 Å². The number of nitrogen functional groups attached to an aromatic ring is 1. The van der Waals surface area contributed by atoms with Gasteiger partial charge in [-0.05, 0) is 6.42 Å². The molecule has 5 nitrogen and oxygen atoms in total. The molecule has 1 aromatic heterocycles. The van der Waals surface area contributed by atoms with E-state index < -0.39 is 0 Å². The monoisotopic (exact) mass is 209 g/mol. The number of hydrogen-bond donors (Lipinski definition) is 2. The molecule has 0 radical (unpaired) electrons. The fourth-order valence-corrected chi connectivity index (χ4v) is 1.66. The minimum Gasteiger partial charge on any atom is -0.396 e. The molecule has 0 aliphatic carbocycles. The molecule has 0 atom stereocenters. The number of hydrogen-bond acceptors (Lipinski definition) is 5. The zero-order valence-corrected chi connectivity index (χ0v) is 8.57. The SMILES string of the molecule is Nc1nc(CCCO)nc2c1COCC2. The second-order valence-electron chi connectivity index (χ2n) is 3.58. The number of anilines is 1. The van der Waals surface area contributed by atoms with Crippen LogP contribution in [0.1, 0.15) is 23.5 Å². The Morgan fingerprint density at radius 2 is 2.27 bits per heavy atom. The Labute approximate surface area is 88.3 Å². The highest BCUT2D eigenvalue weighted by atomic mass is 16.5. The molecule has 2 rings (SSSR count). The summed E-state index contributed by atoms with van der Waals surface area (Å²) in [5.41, 5.74) is 7.75. The Morgan fingerprint density at radius 1 is 1.40 bits per heavy atom. The molecule has 0 saturated carbocycles. The standard InChI is InChI=1S/C10H15N3O2/c11-10-7-6-15-5-3-8(7)12-9(13-10)2-1-4-14/h14H,1-6H2,(H2,11,12,13). The molecule has 3 N–H and O–H groups in total. The first kappa shape index (κ1) is 10.3. The lowest BCUT2D eigenvalue weighted by Gasteiger charge is -2.17. The lowest BCUT2D eigenvalue weighted by atomic mass is 10.1. The van der Waals surface area contributed by atoms with Crippen molar-refractivity contribution in [3.8, 4) is 0 Å². The molecule has 82 valence electrons. The first-order valence-corrected chi connectivity index (χ1v) is 5.14. The molecule has 0 unspecified atom stereocenters. The van der Waals surface area contributed by atoms with Crippen LogP contribution in [-0.2, 0) is 24.2 Å². The average Bonchev–Trinajstić information content (AvgIpc) is 2.26. The molecule has 0 amide bonds. The van der Waals surface area contributed by atoms with Crippen LogP contribution < -0.4 is 5.73 Å². The average molecular weight is 209 g/mol. The normalized spacial score (nSPS) is 15.0. The van der Waals surface area contributed by atoms with Crippen LogP contribution in [0.3, 0.4) is 0 Å². The molecule has 1 aliphatic rings. The maximum Gasteiger partial charge on any atom is 0.132 e. The van der Waals surface area contributed by atoms with Crippen LogP contribution in [-0.4, -0.2) is 28.3 Å². The highest BCUT2D eigenvalue weighted by molar-refractivity contribution is 5.42. The fraction of sp³-hybridized carbons (Fsp3) is 0.600. The number of rotatable bonds is 3. The van der Waals surface area contributed by atoms with Gasteiger partial charge in [0.15, 0.2) is 0 Å². The zero-order valence-electron chi connectivity index (χ0n) is 8.57. The topological polar surface area (TPSA) is 81.3 Å². The summed E-state index contributed by atoms with van der Waals surface area (Å²) < 4.78 is 5.30. The van der Waals surface area contributed by atoms with E-state index in [1.165, 1.54) is 0 Å². The van der Waals surface area contributed by atoms with Gasteiger partial charge in [-0.1, -0.05) is 0 Å². The van der Waals surface area contributed by atoms with E-state index >= 15 is 0 Å². The van der Waals surface area contributed by atoms with Crippen molar-refractivity contribution in [2.45, 2.75) is 25.9 Å². The maximum absolute atomic E-state index is 8.73. The first-order valence-electron chi connectivity index (χ1n) is 5.14. The number of aliphatic hydroxyl groups is 1. The lowest BCUT2D eigenvalue weighted by Crippen LogP contribution is -2.17. The van der Waals surface area contributed by atoms with Crippen LogP contribution >= 0.6 is 0 Å². The van der Waals surface area contributed by atoms with Crippen molar-refractivity contribution in [3.05, 3.63) is 17.1 Å². The summed E-state index contributed by atoms with van der Waals surface area (Å²) in [7, 11) is 0. The van der Waals surface area contributed by atoms with Crippen LogP contribution in [0, 0.1) is 0 Å². The van der Waals surface area contributed by atoms with Crippen LogP contribution in [0.25, 0.3) is 0 Å². The van der Waals surface area contributed by atoms with E-state index in [1.807, 2.05) is 0 Å². The summed E-state index contributed by atoms with van der Waals surface area (Å²) in [6, 6.07) is 0. The van der Waals surface area contributed by atoms with Crippen LogP contribution in [0.4, 0.5) is 5.82 Å².